The van der Waals surface area contributed by atoms with Crippen LogP contribution in [-0.2, 0) is 14.3 Å². The first kappa shape index (κ1) is 15.6. The summed E-state index contributed by atoms with van der Waals surface area (Å²) in [4.78, 5) is 21.7. The van der Waals surface area contributed by atoms with E-state index in [1.165, 1.54) is 0 Å². The first-order valence-corrected chi connectivity index (χ1v) is 5.90. The molecule has 0 aliphatic carbocycles. The van der Waals surface area contributed by atoms with E-state index in [9.17, 15) is 9.59 Å². The molecule has 2 unspecified atom stereocenters. The number of hydrogen-bond acceptors (Lipinski definition) is 5. The van der Waals surface area contributed by atoms with Gasteiger partial charge in [-0.05, 0) is 12.3 Å². The molecule has 0 bridgehead atoms. The van der Waals surface area contributed by atoms with Crippen LogP contribution in [0.2, 0.25) is 0 Å². The van der Waals surface area contributed by atoms with Crippen LogP contribution in [0.15, 0.2) is 0 Å². The highest BCUT2D eigenvalue weighted by Gasteiger charge is 2.21. The second-order valence-corrected chi connectivity index (χ2v) is 4.59. The Kier molecular flexibility index (Phi) is 7.61. The maximum absolute atomic E-state index is 11.3. The predicted molar refractivity (Wildman–Crippen MR) is 66.7 cm³/mol. The van der Waals surface area contributed by atoms with Gasteiger partial charge in [-0.2, -0.15) is 0 Å². The summed E-state index contributed by atoms with van der Waals surface area (Å²) in [5, 5.41) is 11.1. The van der Waals surface area contributed by atoms with Gasteiger partial charge in [0.2, 0.25) is 0 Å². The number of carbonyl (C=O) groups is 2. The Bertz CT molecular complexity index is 248. The van der Waals surface area contributed by atoms with E-state index >= 15 is 0 Å². The predicted octanol–water partition coefficient (Wildman–Crippen LogP) is 0.762. The van der Waals surface area contributed by atoms with Crippen molar-refractivity contribution in [1.29, 1.82) is 0 Å². The highest BCUT2D eigenvalue weighted by molar-refractivity contribution is 7.82. The molecule has 0 saturated carbocycles. The Labute approximate surface area is 106 Å². The maximum Gasteiger partial charge on any atom is 0.343 e. The first-order chi connectivity index (χ1) is 7.34. The number of ether oxygens (including phenoxy) is 1. The molecule has 0 aromatic rings. The molecule has 0 spiro atoms. The maximum atomic E-state index is 11.3. The Morgan fingerprint density at radius 3 is 2.31 bits per heavy atom. The molecule has 7 heteroatoms. The van der Waals surface area contributed by atoms with E-state index in [0.717, 1.165) is 6.42 Å². The lowest BCUT2D eigenvalue weighted by atomic mass is 10.1. The highest BCUT2D eigenvalue weighted by Crippen LogP contribution is 2.07. The minimum Gasteiger partial charge on any atom is -0.479 e. The lowest BCUT2D eigenvalue weighted by molar-refractivity contribution is -0.147. The molecule has 0 rings (SSSR count). The first-order valence-electron chi connectivity index (χ1n) is 4.86. The molecule has 0 aromatic carbocycles. The number of nitrogens with one attached hydrogen (secondary N) is 1. The van der Waals surface area contributed by atoms with Gasteiger partial charge in [0.05, 0.1) is 0 Å². The van der Waals surface area contributed by atoms with Crippen LogP contribution in [-0.4, -0.2) is 34.4 Å². The second-order valence-electron chi connectivity index (χ2n) is 3.65. The minimum absolute atomic E-state index is 0.454. The van der Waals surface area contributed by atoms with Crippen molar-refractivity contribution in [1.82, 2.24) is 5.32 Å². The van der Waals surface area contributed by atoms with Crippen LogP contribution < -0.4 is 5.32 Å². The lowest BCUT2D eigenvalue weighted by Crippen LogP contribution is -2.36. The third kappa shape index (κ3) is 6.97. The number of carboxylic acid groups (broad SMARTS) is 1. The van der Waals surface area contributed by atoms with Crippen molar-refractivity contribution in [3.05, 3.63) is 0 Å². The Morgan fingerprint density at radius 2 is 1.88 bits per heavy atom. The average Bonchev–Trinajstić information content (AvgIpc) is 2.16. The van der Waals surface area contributed by atoms with Crippen LogP contribution in [0, 0.1) is 5.92 Å². The lowest BCUT2D eigenvalue weighted by Gasteiger charge is -2.15. The molecule has 94 valence electrons. The van der Waals surface area contributed by atoms with E-state index in [1.807, 2.05) is 13.8 Å². The van der Waals surface area contributed by atoms with Crippen molar-refractivity contribution >= 4 is 37.1 Å². The zero-order valence-electron chi connectivity index (χ0n) is 9.21. The molecule has 0 aliphatic rings. The van der Waals surface area contributed by atoms with Gasteiger partial charge in [-0.1, -0.05) is 13.8 Å². The number of aliphatic carboxylic acids is 1. The topological polar surface area (TPSA) is 75.6 Å². The molecule has 1 amide bonds. The molecule has 5 nitrogen and oxygen atoms in total. The summed E-state index contributed by atoms with van der Waals surface area (Å²) in [5.74, 6) is -1.22. The zero-order valence-corrected chi connectivity index (χ0v) is 11.0. The Morgan fingerprint density at radius 1 is 1.31 bits per heavy atom. The van der Waals surface area contributed by atoms with Gasteiger partial charge in [-0.15, -0.1) is 25.3 Å². The van der Waals surface area contributed by atoms with Crippen molar-refractivity contribution in [3.63, 3.8) is 0 Å². The Balaban J connectivity index is 3.86. The van der Waals surface area contributed by atoms with E-state index in [2.05, 4.69) is 30.6 Å². The third-order valence-corrected chi connectivity index (χ3v) is 2.41. The molecule has 0 saturated heterocycles. The monoisotopic (exact) mass is 267 g/mol. The number of thiol groups is 2. The SMILES string of the molecule is CC(C)CCNC(=O)C(S)OC(S)C(=O)O. The van der Waals surface area contributed by atoms with Crippen molar-refractivity contribution in [2.45, 2.75) is 31.1 Å². The minimum atomic E-state index is -1.35. The van der Waals surface area contributed by atoms with E-state index < -0.39 is 22.7 Å². The molecule has 0 fully saturated rings. The zero-order chi connectivity index (χ0) is 12.7. The van der Waals surface area contributed by atoms with Crippen molar-refractivity contribution < 1.29 is 19.4 Å². The van der Waals surface area contributed by atoms with Gasteiger partial charge >= 0.3 is 5.97 Å². The molecule has 0 radical (unpaired) electrons. The fraction of sp³-hybridized carbons (Fsp3) is 0.778. The highest BCUT2D eigenvalue weighted by atomic mass is 32.1. The molecule has 2 N–H and O–H groups in total. The van der Waals surface area contributed by atoms with Crippen LogP contribution in [0.3, 0.4) is 0 Å². The summed E-state index contributed by atoms with van der Waals surface area (Å²) >= 11 is 7.47. The number of amides is 1. The van der Waals surface area contributed by atoms with E-state index in [4.69, 9.17) is 9.84 Å². The van der Waals surface area contributed by atoms with E-state index in [-0.39, 0.29) is 0 Å². The van der Waals surface area contributed by atoms with Crippen molar-refractivity contribution in [2.75, 3.05) is 6.54 Å². The second kappa shape index (κ2) is 7.81. The standard InChI is InChI=1S/C9H17NO4S2/c1-5(2)3-4-10-6(11)8(15)14-9(16)7(12)13/h5,8-9,15-16H,3-4H2,1-2H3,(H,10,11)(H,12,13). The van der Waals surface area contributed by atoms with Gasteiger partial charge < -0.3 is 15.2 Å². The average molecular weight is 267 g/mol. The smallest absolute Gasteiger partial charge is 0.343 e. The fourth-order valence-corrected chi connectivity index (χ4v) is 1.24. The van der Waals surface area contributed by atoms with Crippen LogP contribution in [0.5, 0.6) is 0 Å². The number of rotatable bonds is 7. The normalized spacial score (nSPS) is 14.6. The molecular weight excluding hydrogens is 250 g/mol. The fourth-order valence-electron chi connectivity index (χ4n) is 0.813. The van der Waals surface area contributed by atoms with E-state index in [1.54, 1.807) is 0 Å². The van der Waals surface area contributed by atoms with Crippen LogP contribution in [0.25, 0.3) is 0 Å². The number of hydrogen-bond donors (Lipinski definition) is 4. The molecule has 0 aliphatic heterocycles. The molecular formula is C9H17NO4S2. The van der Waals surface area contributed by atoms with Crippen LogP contribution >= 0.6 is 25.3 Å². The molecule has 0 heterocycles. The molecule has 16 heavy (non-hydrogen) atoms. The summed E-state index contributed by atoms with van der Waals surface area (Å²) in [6, 6.07) is 0. The van der Waals surface area contributed by atoms with Gasteiger partial charge in [-0.25, -0.2) is 4.79 Å². The quantitative estimate of drug-likeness (QED) is 0.406. The van der Waals surface area contributed by atoms with Gasteiger partial charge in [0, 0.05) is 6.54 Å². The van der Waals surface area contributed by atoms with Gasteiger partial charge in [0.1, 0.15) is 0 Å². The van der Waals surface area contributed by atoms with Gasteiger partial charge in [-0.3, -0.25) is 4.79 Å². The number of carboxylic acids is 1. The largest absolute Gasteiger partial charge is 0.479 e. The summed E-state index contributed by atoms with van der Waals surface area (Å²) < 4.78 is 4.75. The van der Waals surface area contributed by atoms with Gasteiger partial charge in [0.15, 0.2) is 10.9 Å². The summed E-state index contributed by atoms with van der Waals surface area (Å²) in [7, 11) is 0. The van der Waals surface area contributed by atoms with Crippen LogP contribution in [0.4, 0.5) is 0 Å². The number of carbonyl (C=O) groups excluding carboxylic acids is 1. The summed E-state index contributed by atoms with van der Waals surface area (Å²) in [6.07, 6.45) is 0.843. The van der Waals surface area contributed by atoms with E-state index in [0.29, 0.717) is 12.5 Å². The Hall–Kier alpha value is -0.400. The van der Waals surface area contributed by atoms with Crippen molar-refractivity contribution in [2.24, 2.45) is 5.92 Å². The van der Waals surface area contributed by atoms with Gasteiger partial charge in [0.25, 0.3) is 5.91 Å². The summed E-state index contributed by atoms with van der Waals surface area (Å²) in [5.41, 5.74) is -2.47. The summed E-state index contributed by atoms with van der Waals surface area (Å²) in [6.45, 7) is 4.59. The molecule has 0 aromatic heterocycles. The van der Waals surface area contributed by atoms with Crippen molar-refractivity contribution in [3.8, 4) is 0 Å². The molecule has 2 atom stereocenters. The van der Waals surface area contributed by atoms with Crippen LogP contribution in [0.1, 0.15) is 20.3 Å². The third-order valence-electron chi connectivity index (χ3n) is 1.71.